The topological polar surface area (TPSA) is 86.0 Å². The summed E-state index contributed by atoms with van der Waals surface area (Å²) in [5, 5.41) is 9.83. The van der Waals surface area contributed by atoms with Gasteiger partial charge in [-0.1, -0.05) is 42.5 Å². The van der Waals surface area contributed by atoms with Gasteiger partial charge in [-0.15, -0.1) is 0 Å². The number of hydrogen-bond donors (Lipinski definition) is 1. The molecule has 0 saturated heterocycles. The van der Waals surface area contributed by atoms with E-state index >= 15 is 0 Å². The van der Waals surface area contributed by atoms with E-state index in [9.17, 15) is 14.7 Å². The number of carboxylic acid groups (broad SMARTS) is 1. The minimum absolute atomic E-state index is 0.0326. The third kappa shape index (κ3) is 3.39. The molecule has 0 amide bonds. The Hall–Kier alpha value is -3.12. The van der Waals surface area contributed by atoms with Crippen molar-refractivity contribution in [2.24, 2.45) is 0 Å². The van der Waals surface area contributed by atoms with Gasteiger partial charge in [0.05, 0.1) is 12.0 Å². The summed E-state index contributed by atoms with van der Waals surface area (Å²) in [6, 6.07) is 15.5. The molecule has 0 radical (unpaired) electrons. The summed E-state index contributed by atoms with van der Waals surface area (Å²) < 4.78 is 16.2. The van der Waals surface area contributed by atoms with Gasteiger partial charge in [0.25, 0.3) is 0 Å². The summed E-state index contributed by atoms with van der Waals surface area (Å²) in [6.07, 6.45) is -1.26. The largest absolute Gasteiger partial charge is 0.478 e. The average molecular weight is 340 g/mol. The van der Waals surface area contributed by atoms with Crippen LogP contribution in [0.3, 0.4) is 0 Å². The molecule has 3 rings (SSSR count). The van der Waals surface area contributed by atoms with Crippen LogP contribution in [0.2, 0.25) is 0 Å². The first-order chi connectivity index (χ1) is 12.1. The second kappa shape index (κ2) is 7.19. The summed E-state index contributed by atoms with van der Waals surface area (Å²) in [6.45, 7) is -0.159. The second-order valence-electron chi connectivity index (χ2n) is 5.35. The first-order valence-electron chi connectivity index (χ1n) is 7.61. The SMILES string of the molecule is COCC(Oc1c(C(=O)c2ccccc2)oc2ccccc12)C(=O)O. The number of carbonyl (C=O) groups excluding carboxylic acids is 1. The second-order valence-corrected chi connectivity index (χ2v) is 5.35. The number of rotatable bonds is 7. The number of carbonyl (C=O) groups is 2. The highest BCUT2D eigenvalue weighted by atomic mass is 16.6. The fourth-order valence-corrected chi connectivity index (χ4v) is 2.46. The van der Waals surface area contributed by atoms with E-state index in [0.717, 1.165) is 0 Å². The summed E-state index contributed by atoms with van der Waals surface area (Å²) in [5.74, 6) is -1.50. The van der Waals surface area contributed by atoms with Gasteiger partial charge in [0.15, 0.2) is 5.75 Å². The maximum Gasteiger partial charge on any atom is 0.347 e. The van der Waals surface area contributed by atoms with Crippen LogP contribution in [0.4, 0.5) is 0 Å². The van der Waals surface area contributed by atoms with E-state index in [-0.39, 0.29) is 23.9 Å². The lowest BCUT2D eigenvalue weighted by Crippen LogP contribution is -2.32. The van der Waals surface area contributed by atoms with Crippen LogP contribution in [0.5, 0.6) is 5.75 Å². The number of ketones is 1. The van der Waals surface area contributed by atoms with Crippen LogP contribution in [-0.4, -0.2) is 36.7 Å². The van der Waals surface area contributed by atoms with Crippen LogP contribution >= 0.6 is 0 Å². The predicted octanol–water partition coefficient (Wildman–Crippen LogP) is 3.14. The Morgan fingerprint density at radius 1 is 1.08 bits per heavy atom. The zero-order valence-corrected chi connectivity index (χ0v) is 13.5. The number of aliphatic carboxylic acids is 1. The molecule has 1 aromatic heterocycles. The minimum atomic E-state index is -1.26. The first kappa shape index (κ1) is 16.7. The molecule has 1 heterocycles. The van der Waals surface area contributed by atoms with Crippen molar-refractivity contribution in [3.63, 3.8) is 0 Å². The number of para-hydroxylation sites is 1. The number of methoxy groups -OCH3 is 1. The molecule has 6 nitrogen and oxygen atoms in total. The lowest BCUT2D eigenvalue weighted by atomic mass is 10.1. The molecule has 0 bridgehead atoms. The average Bonchev–Trinajstić information content (AvgIpc) is 3.00. The number of fused-ring (bicyclic) bond motifs is 1. The van der Waals surface area contributed by atoms with Crippen molar-refractivity contribution in [3.8, 4) is 5.75 Å². The van der Waals surface area contributed by atoms with Crippen molar-refractivity contribution in [1.29, 1.82) is 0 Å². The molecule has 2 aromatic carbocycles. The summed E-state index contributed by atoms with van der Waals surface area (Å²) in [4.78, 5) is 24.2. The first-order valence-corrected chi connectivity index (χ1v) is 7.61. The van der Waals surface area contributed by atoms with Crippen molar-refractivity contribution in [2.75, 3.05) is 13.7 Å². The highest BCUT2D eigenvalue weighted by Gasteiger charge is 2.28. The van der Waals surface area contributed by atoms with Gasteiger partial charge in [-0.2, -0.15) is 0 Å². The smallest absolute Gasteiger partial charge is 0.347 e. The Labute approximate surface area is 143 Å². The van der Waals surface area contributed by atoms with Crippen molar-refractivity contribution < 1.29 is 28.6 Å². The quantitative estimate of drug-likeness (QED) is 0.665. The van der Waals surface area contributed by atoms with Gasteiger partial charge in [-0.25, -0.2) is 4.79 Å². The summed E-state index contributed by atoms with van der Waals surface area (Å²) >= 11 is 0. The van der Waals surface area contributed by atoms with E-state index in [1.807, 2.05) is 0 Å². The molecule has 0 aliphatic rings. The van der Waals surface area contributed by atoms with Gasteiger partial charge < -0.3 is 19.0 Å². The van der Waals surface area contributed by atoms with Crippen molar-refractivity contribution in [1.82, 2.24) is 0 Å². The standard InChI is InChI=1S/C19H16O6/c1-23-11-15(19(21)22)25-17-13-9-5-6-10-14(13)24-18(17)16(20)12-7-3-2-4-8-12/h2-10,15H,11H2,1H3,(H,21,22). The summed E-state index contributed by atoms with van der Waals surface area (Å²) in [7, 11) is 1.38. The molecular weight excluding hydrogens is 324 g/mol. The fourth-order valence-electron chi connectivity index (χ4n) is 2.46. The normalized spacial score (nSPS) is 12.0. The van der Waals surface area contributed by atoms with E-state index in [2.05, 4.69) is 0 Å². The highest BCUT2D eigenvalue weighted by Crippen LogP contribution is 2.35. The van der Waals surface area contributed by atoms with E-state index < -0.39 is 12.1 Å². The zero-order valence-electron chi connectivity index (χ0n) is 13.5. The zero-order chi connectivity index (χ0) is 17.8. The molecule has 0 aliphatic heterocycles. The van der Waals surface area contributed by atoms with E-state index in [1.165, 1.54) is 7.11 Å². The Kier molecular flexibility index (Phi) is 4.81. The van der Waals surface area contributed by atoms with Crippen molar-refractivity contribution in [3.05, 3.63) is 65.9 Å². The number of carboxylic acids is 1. The Morgan fingerprint density at radius 3 is 2.44 bits per heavy atom. The molecule has 1 atom stereocenters. The van der Waals surface area contributed by atoms with Gasteiger partial charge in [-0.3, -0.25) is 4.79 Å². The maximum atomic E-state index is 12.8. The van der Waals surface area contributed by atoms with Gasteiger partial charge in [0, 0.05) is 12.7 Å². The Morgan fingerprint density at radius 2 is 1.76 bits per heavy atom. The number of ether oxygens (including phenoxy) is 2. The molecule has 3 aromatic rings. The predicted molar refractivity (Wildman–Crippen MR) is 90.0 cm³/mol. The van der Waals surface area contributed by atoms with Crippen molar-refractivity contribution in [2.45, 2.75) is 6.10 Å². The molecule has 0 spiro atoms. The molecule has 25 heavy (non-hydrogen) atoms. The molecule has 6 heteroatoms. The Balaban J connectivity index is 2.09. The van der Waals surface area contributed by atoms with E-state index in [1.54, 1.807) is 54.6 Å². The molecule has 0 aliphatic carbocycles. The number of hydrogen-bond acceptors (Lipinski definition) is 5. The molecule has 1 N–H and O–H groups in total. The van der Waals surface area contributed by atoms with Gasteiger partial charge in [0.2, 0.25) is 17.6 Å². The minimum Gasteiger partial charge on any atom is -0.478 e. The van der Waals surface area contributed by atoms with Gasteiger partial charge >= 0.3 is 5.97 Å². The molecule has 128 valence electrons. The number of benzene rings is 2. The molecule has 0 saturated carbocycles. The number of furan rings is 1. The highest BCUT2D eigenvalue weighted by molar-refractivity contribution is 6.12. The molecule has 0 fully saturated rings. The Bertz CT molecular complexity index is 897. The van der Waals surface area contributed by atoms with Crippen molar-refractivity contribution >= 4 is 22.7 Å². The van der Waals surface area contributed by atoms with Crippen LogP contribution < -0.4 is 4.74 Å². The van der Waals surface area contributed by atoms with E-state index in [0.29, 0.717) is 16.5 Å². The fraction of sp³-hybridized carbons (Fsp3) is 0.158. The molecular formula is C19H16O6. The van der Waals surface area contributed by atoms with Crippen LogP contribution in [-0.2, 0) is 9.53 Å². The maximum absolute atomic E-state index is 12.8. The third-order valence-corrected chi connectivity index (χ3v) is 3.65. The molecule has 1 unspecified atom stereocenters. The lowest BCUT2D eigenvalue weighted by Gasteiger charge is -2.14. The van der Waals surface area contributed by atoms with Crippen LogP contribution in [0.15, 0.2) is 59.0 Å². The van der Waals surface area contributed by atoms with Gasteiger partial charge in [-0.05, 0) is 12.1 Å². The van der Waals surface area contributed by atoms with Crippen LogP contribution in [0.25, 0.3) is 11.0 Å². The summed E-state index contributed by atoms with van der Waals surface area (Å²) in [5.41, 5.74) is 0.864. The monoisotopic (exact) mass is 340 g/mol. The van der Waals surface area contributed by atoms with Crippen LogP contribution in [0.1, 0.15) is 16.1 Å². The van der Waals surface area contributed by atoms with Gasteiger partial charge in [0.1, 0.15) is 5.58 Å². The lowest BCUT2D eigenvalue weighted by molar-refractivity contribution is -0.147. The van der Waals surface area contributed by atoms with Crippen LogP contribution in [0, 0.1) is 0 Å². The van der Waals surface area contributed by atoms with E-state index in [4.69, 9.17) is 13.9 Å². The third-order valence-electron chi connectivity index (χ3n) is 3.65.